The highest BCUT2D eigenvalue weighted by molar-refractivity contribution is 6.09. The molecule has 2 N–H and O–H groups in total. The molecular weight excluding hydrogens is 464 g/mol. The van der Waals surface area contributed by atoms with Crippen LogP contribution < -0.4 is 10.2 Å². The lowest BCUT2D eigenvalue weighted by Gasteiger charge is -2.44. The van der Waals surface area contributed by atoms with Gasteiger partial charge in [0.25, 0.3) is 5.91 Å². The number of likely N-dealkylation sites (N-methyl/N-ethyl adjacent to an activating group) is 1. The number of carboxylic acids is 1. The maximum Gasteiger partial charge on any atom is 0.323 e. The average Bonchev–Trinajstić information content (AvgIpc) is 3.56. The summed E-state index contributed by atoms with van der Waals surface area (Å²) in [5.41, 5.74) is 5.24. The number of hydrogen-bond donors (Lipinski definition) is 2. The third kappa shape index (κ3) is 4.03. The van der Waals surface area contributed by atoms with Gasteiger partial charge in [-0.3, -0.25) is 9.59 Å². The molecule has 1 amide bonds. The number of aryl methyl sites for hydroxylation is 1. The van der Waals surface area contributed by atoms with E-state index in [2.05, 4.69) is 41.3 Å². The summed E-state index contributed by atoms with van der Waals surface area (Å²) in [7, 11) is 4.21. The van der Waals surface area contributed by atoms with Gasteiger partial charge in [-0.1, -0.05) is 30.3 Å². The zero-order valence-electron chi connectivity index (χ0n) is 21.5. The number of nitrogens with one attached hydrogen (secondary N) is 1. The molecule has 2 heterocycles. The van der Waals surface area contributed by atoms with Crippen molar-refractivity contribution in [2.24, 2.45) is 0 Å². The smallest absolute Gasteiger partial charge is 0.323 e. The maximum atomic E-state index is 13.5. The Labute approximate surface area is 216 Å². The van der Waals surface area contributed by atoms with Gasteiger partial charge in [-0.25, -0.2) is 0 Å². The number of fused-ring (bicyclic) bond motifs is 3. The number of anilines is 1. The van der Waals surface area contributed by atoms with Gasteiger partial charge in [0.2, 0.25) is 0 Å². The molecule has 7 heteroatoms. The maximum absolute atomic E-state index is 13.5. The van der Waals surface area contributed by atoms with Crippen molar-refractivity contribution in [2.45, 2.75) is 37.9 Å². The second-order valence-corrected chi connectivity index (χ2v) is 10.8. The Morgan fingerprint density at radius 1 is 1.00 bits per heavy atom. The fourth-order valence-corrected chi connectivity index (χ4v) is 5.60. The van der Waals surface area contributed by atoms with E-state index in [9.17, 15) is 14.7 Å². The number of carboxylic acid groups (broad SMARTS) is 1. The number of nitrogens with zero attached hydrogens (tertiary/aromatic N) is 3. The zero-order valence-corrected chi connectivity index (χ0v) is 21.5. The fourth-order valence-electron chi connectivity index (χ4n) is 5.60. The molecule has 0 unspecified atom stereocenters. The third-order valence-corrected chi connectivity index (χ3v) is 8.14. The van der Waals surface area contributed by atoms with Crippen LogP contribution in [0.2, 0.25) is 0 Å². The van der Waals surface area contributed by atoms with Crippen molar-refractivity contribution in [3.05, 3.63) is 77.4 Å². The van der Waals surface area contributed by atoms with Crippen molar-refractivity contribution in [1.82, 2.24) is 14.8 Å². The van der Waals surface area contributed by atoms with Crippen molar-refractivity contribution in [3.63, 3.8) is 0 Å². The summed E-state index contributed by atoms with van der Waals surface area (Å²) in [5, 5.41) is 14.9. The van der Waals surface area contributed by atoms with Crippen LogP contribution in [0.15, 0.2) is 60.7 Å². The van der Waals surface area contributed by atoms with Crippen LogP contribution in [0.5, 0.6) is 0 Å². The van der Waals surface area contributed by atoms with Crippen molar-refractivity contribution in [2.75, 3.05) is 32.1 Å². The molecule has 3 aromatic carbocycles. The number of carbonyl (C=O) groups is 2. The highest BCUT2D eigenvalue weighted by atomic mass is 16.4. The van der Waals surface area contributed by atoms with E-state index in [1.165, 1.54) is 0 Å². The third-order valence-electron chi connectivity index (χ3n) is 8.14. The Morgan fingerprint density at radius 3 is 2.43 bits per heavy atom. The topological polar surface area (TPSA) is 77.8 Å². The lowest BCUT2D eigenvalue weighted by atomic mass is 9.99. The summed E-state index contributed by atoms with van der Waals surface area (Å²) >= 11 is 0. The monoisotopic (exact) mass is 496 g/mol. The molecule has 1 saturated heterocycles. The van der Waals surface area contributed by atoms with Crippen molar-refractivity contribution < 1.29 is 14.7 Å². The van der Waals surface area contributed by atoms with Crippen LogP contribution in [0.3, 0.4) is 0 Å². The number of carbonyl (C=O) groups excluding carboxylic acids is 1. The van der Waals surface area contributed by atoms with Gasteiger partial charge < -0.3 is 24.8 Å². The molecule has 1 saturated carbocycles. The van der Waals surface area contributed by atoms with E-state index >= 15 is 0 Å². The summed E-state index contributed by atoms with van der Waals surface area (Å²) in [6, 6.07) is 20.8. The summed E-state index contributed by atoms with van der Waals surface area (Å²) in [6.45, 7) is 3.83. The Kier molecular flexibility index (Phi) is 5.49. The minimum atomic E-state index is -0.870. The fraction of sp³-hybridized carbons (Fsp3) is 0.333. The SMILES string of the molecule is Cc1ccc(N2CC(N(C)C)C2)cc1C(=O)NC1(c2ccc3c(c2)c2ccccc2n3CC(=O)O)CC1. The molecule has 0 atom stereocenters. The van der Waals surface area contributed by atoms with E-state index in [0.29, 0.717) is 6.04 Å². The number of para-hydroxylation sites is 1. The van der Waals surface area contributed by atoms with Gasteiger partial charge in [-0.15, -0.1) is 0 Å². The quantitative estimate of drug-likeness (QED) is 0.398. The van der Waals surface area contributed by atoms with Crippen molar-refractivity contribution in [3.8, 4) is 0 Å². The summed E-state index contributed by atoms with van der Waals surface area (Å²) in [5.74, 6) is -0.916. The first-order chi connectivity index (χ1) is 17.8. The summed E-state index contributed by atoms with van der Waals surface area (Å²) in [4.78, 5) is 29.6. The van der Waals surface area contributed by atoms with Gasteiger partial charge in [0.05, 0.1) is 5.54 Å². The van der Waals surface area contributed by atoms with Crippen molar-refractivity contribution >= 4 is 39.4 Å². The van der Waals surface area contributed by atoms with Crippen LogP contribution in [0.4, 0.5) is 5.69 Å². The van der Waals surface area contributed by atoms with Gasteiger partial charge in [-0.05, 0) is 75.3 Å². The number of hydrogen-bond acceptors (Lipinski definition) is 4. The predicted molar refractivity (Wildman–Crippen MR) is 146 cm³/mol. The number of rotatable bonds is 7. The van der Waals surface area contributed by atoms with E-state index in [1.54, 1.807) is 0 Å². The van der Waals surface area contributed by atoms with Crippen LogP contribution in [0.25, 0.3) is 21.8 Å². The molecule has 1 aliphatic carbocycles. The molecule has 4 aromatic rings. The highest BCUT2D eigenvalue weighted by Gasteiger charge is 2.46. The first kappa shape index (κ1) is 23.6. The van der Waals surface area contributed by atoms with Crippen molar-refractivity contribution in [1.29, 1.82) is 0 Å². The molecule has 0 radical (unpaired) electrons. The Balaban J connectivity index is 1.29. The van der Waals surface area contributed by atoms with Crippen LogP contribution >= 0.6 is 0 Å². The Hall–Kier alpha value is -3.84. The Bertz CT molecular complexity index is 1540. The molecule has 1 aromatic heterocycles. The van der Waals surface area contributed by atoms with Gasteiger partial charge in [0.15, 0.2) is 0 Å². The molecule has 0 spiro atoms. The second kappa shape index (κ2) is 8.63. The first-order valence-corrected chi connectivity index (χ1v) is 12.8. The molecule has 0 bridgehead atoms. The second-order valence-electron chi connectivity index (χ2n) is 10.8. The minimum Gasteiger partial charge on any atom is -0.480 e. The minimum absolute atomic E-state index is 0.0464. The van der Waals surface area contributed by atoms with Crippen LogP contribution in [0.1, 0.15) is 34.3 Å². The van der Waals surface area contributed by atoms with Crippen LogP contribution in [-0.2, 0) is 16.9 Å². The normalized spacial score (nSPS) is 16.8. The number of aliphatic carboxylic acids is 1. The molecule has 190 valence electrons. The molecule has 2 aliphatic rings. The van der Waals surface area contributed by atoms with Crippen LogP contribution in [-0.4, -0.2) is 59.7 Å². The van der Waals surface area contributed by atoms with E-state index in [1.807, 2.05) is 60.0 Å². The molecule has 2 fully saturated rings. The molecule has 1 aliphatic heterocycles. The highest BCUT2D eigenvalue weighted by Crippen LogP contribution is 2.47. The standard InChI is InChI=1S/C30H32N4O3/c1-19-8-10-21(33-16-22(17-33)32(2)3)15-24(19)29(37)31-30(12-13-30)20-9-11-27-25(14-20)23-6-4-5-7-26(23)34(27)18-28(35)36/h4-11,14-15,22H,12-13,16-18H2,1-3H3,(H,31,37)(H,35,36). The molecular formula is C30H32N4O3. The lowest BCUT2D eigenvalue weighted by Crippen LogP contribution is -2.57. The van der Waals surface area contributed by atoms with Gasteiger partial charge in [-0.2, -0.15) is 0 Å². The molecule has 37 heavy (non-hydrogen) atoms. The van der Waals surface area contributed by atoms with E-state index in [4.69, 9.17) is 0 Å². The number of benzene rings is 3. The lowest BCUT2D eigenvalue weighted by molar-refractivity contribution is -0.137. The zero-order chi connectivity index (χ0) is 25.9. The van der Waals surface area contributed by atoms with E-state index in [0.717, 1.165) is 70.1 Å². The summed E-state index contributed by atoms with van der Waals surface area (Å²) in [6.07, 6.45) is 1.76. The first-order valence-electron chi connectivity index (χ1n) is 12.8. The largest absolute Gasteiger partial charge is 0.480 e. The van der Waals surface area contributed by atoms with E-state index < -0.39 is 11.5 Å². The molecule has 7 nitrogen and oxygen atoms in total. The number of amides is 1. The average molecular weight is 497 g/mol. The van der Waals surface area contributed by atoms with Gasteiger partial charge in [0, 0.05) is 52.2 Å². The predicted octanol–water partition coefficient (Wildman–Crippen LogP) is 4.36. The summed E-state index contributed by atoms with van der Waals surface area (Å²) < 4.78 is 1.85. The van der Waals surface area contributed by atoms with Gasteiger partial charge in [0.1, 0.15) is 6.54 Å². The Morgan fingerprint density at radius 2 is 1.73 bits per heavy atom. The molecule has 6 rings (SSSR count). The van der Waals surface area contributed by atoms with Crippen LogP contribution in [0, 0.1) is 6.92 Å². The van der Waals surface area contributed by atoms with Gasteiger partial charge >= 0.3 is 5.97 Å². The number of aromatic nitrogens is 1. The van der Waals surface area contributed by atoms with E-state index in [-0.39, 0.29) is 12.5 Å².